The van der Waals surface area contributed by atoms with Gasteiger partial charge in [-0.15, -0.1) is 0 Å². The molecular weight excluding hydrogens is 310 g/mol. The van der Waals surface area contributed by atoms with Crippen molar-refractivity contribution in [2.45, 2.75) is 13.5 Å². The van der Waals surface area contributed by atoms with Crippen LogP contribution >= 0.6 is 0 Å². The van der Waals surface area contributed by atoms with E-state index in [0.29, 0.717) is 23.6 Å². The molecular formula is C18H17NO5. The maximum atomic E-state index is 11.8. The van der Waals surface area contributed by atoms with Crippen molar-refractivity contribution in [3.8, 4) is 11.5 Å². The first-order chi connectivity index (χ1) is 11.6. The van der Waals surface area contributed by atoms with E-state index in [1.807, 2.05) is 25.1 Å². The molecule has 0 aliphatic carbocycles. The van der Waals surface area contributed by atoms with E-state index < -0.39 is 5.97 Å². The summed E-state index contributed by atoms with van der Waals surface area (Å²) in [5.41, 5.74) is 2.34. The van der Waals surface area contributed by atoms with Gasteiger partial charge in [0, 0.05) is 6.54 Å². The molecule has 1 heterocycles. The third-order valence-corrected chi connectivity index (χ3v) is 3.55. The lowest BCUT2D eigenvalue weighted by atomic mass is 10.1. The lowest BCUT2D eigenvalue weighted by Gasteiger charge is -2.07. The molecule has 1 aliphatic heterocycles. The number of hydrogen-bond donors (Lipinski definition) is 1. The summed E-state index contributed by atoms with van der Waals surface area (Å²) in [5.74, 6) is 0.464. The third kappa shape index (κ3) is 3.84. The number of esters is 1. The molecule has 0 spiro atoms. The van der Waals surface area contributed by atoms with Crippen molar-refractivity contribution < 1.29 is 23.8 Å². The topological polar surface area (TPSA) is 73.9 Å². The predicted octanol–water partition coefficient (Wildman–Crippen LogP) is 2.20. The Morgan fingerprint density at radius 1 is 1.08 bits per heavy atom. The Hall–Kier alpha value is -3.02. The maximum Gasteiger partial charge on any atom is 0.338 e. The summed E-state index contributed by atoms with van der Waals surface area (Å²) >= 11 is 0. The quantitative estimate of drug-likeness (QED) is 0.852. The number of ether oxygens (including phenoxy) is 3. The van der Waals surface area contributed by atoms with Crippen molar-refractivity contribution in [1.29, 1.82) is 0 Å². The average Bonchev–Trinajstić information content (AvgIpc) is 3.06. The van der Waals surface area contributed by atoms with Crippen LogP contribution in [-0.4, -0.2) is 25.3 Å². The molecule has 1 amide bonds. The van der Waals surface area contributed by atoms with Crippen molar-refractivity contribution in [1.82, 2.24) is 5.32 Å². The lowest BCUT2D eigenvalue weighted by molar-refractivity contribution is -0.124. The van der Waals surface area contributed by atoms with Crippen LogP contribution < -0.4 is 14.8 Å². The Morgan fingerprint density at radius 3 is 2.62 bits per heavy atom. The van der Waals surface area contributed by atoms with Crippen molar-refractivity contribution in [3.63, 3.8) is 0 Å². The second kappa shape index (κ2) is 7.04. The second-order valence-corrected chi connectivity index (χ2v) is 5.41. The molecule has 3 rings (SSSR count). The van der Waals surface area contributed by atoms with Crippen LogP contribution in [0.25, 0.3) is 0 Å². The van der Waals surface area contributed by atoms with Crippen LogP contribution in [0.5, 0.6) is 11.5 Å². The summed E-state index contributed by atoms with van der Waals surface area (Å²) in [7, 11) is 0. The monoisotopic (exact) mass is 327 g/mol. The van der Waals surface area contributed by atoms with Gasteiger partial charge in [-0.2, -0.15) is 0 Å². The zero-order valence-corrected chi connectivity index (χ0v) is 13.2. The van der Waals surface area contributed by atoms with Gasteiger partial charge in [0.25, 0.3) is 5.91 Å². The highest BCUT2D eigenvalue weighted by Crippen LogP contribution is 2.32. The molecule has 2 aromatic rings. The predicted molar refractivity (Wildman–Crippen MR) is 85.9 cm³/mol. The molecule has 124 valence electrons. The van der Waals surface area contributed by atoms with Crippen molar-refractivity contribution in [2.75, 3.05) is 13.4 Å². The Labute approximate surface area is 139 Å². The molecule has 24 heavy (non-hydrogen) atoms. The summed E-state index contributed by atoms with van der Waals surface area (Å²) in [6.45, 7) is 2.13. The minimum absolute atomic E-state index is 0.208. The zero-order chi connectivity index (χ0) is 16.9. The number of benzene rings is 2. The fourth-order valence-electron chi connectivity index (χ4n) is 2.21. The zero-order valence-electron chi connectivity index (χ0n) is 13.2. The number of nitrogens with one attached hydrogen (secondary N) is 1. The van der Waals surface area contributed by atoms with Gasteiger partial charge >= 0.3 is 5.97 Å². The number of aryl methyl sites for hydroxylation is 1. The molecule has 6 nitrogen and oxygen atoms in total. The molecule has 0 bridgehead atoms. The first-order valence-electron chi connectivity index (χ1n) is 7.51. The van der Waals surface area contributed by atoms with E-state index in [-0.39, 0.29) is 19.3 Å². The molecule has 0 unspecified atom stereocenters. The highest BCUT2D eigenvalue weighted by molar-refractivity contribution is 5.91. The molecule has 0 fully saturated rings. The van der Waals surface area contributed by atoms with Crippen LogP contribution in [0.3, 0.4) is 0 Å². The van der Waals surface area contributed by atoms with Crippen LogP contribution in [-0.2, 0) is 16.1 Å². The first-order valence-corrected chi connectivity index (χ1v) is 7.51. The number of rotatable bonds is 5. The van der Waals surface area contributed by atoms with Crippen molar-refractivity contribution >= 4 is 11.9 Å². The van der Waals surface area contributed by atoms with Gasteiger partial charge in [0.2, 0.25) is 6.79 Å². The average molecular weight is 327 g/mol. The number of carbonyl (C=O) groups excluding carboxylic acids is 2. The van der Waals surface area contributed by atoms with Crippen molar-refractivity contribution in [3.05, 3.63) is 59.2 Å². The molecule has 0 atom stereocenters. The number of carbonyl (C=O) groups is 2. The number of fused-ring (bicyclic) bond motifs is 1. The first kappa shape index (κ1) is 15.9. The van der Waals surface area contributed by atoms with Crippen LogP contribution in [0.15, 0.2) is 42.5 Å². The highest BCUT2D eigenvalue weighted by Gasteiger charge is 2.14. The fraction of sp³-hybridized carbons (Fsp3) is 0.222. The molecule has 0 aromatic heterocycles. The third-order valence-electron chi connectivity index (χ3n) is 3.55. The molecule has 0 saturated carbocycles. The molecule has 2 aromatic carbocycles. The van der Waals surface area contributed by atoms with Crippen molar-refractivity contribution in [2.24, 2.45) is 0 Å². The standard InChI is InChI=1S/C18H17NO5/c1-12-2-5-14(6-3-12)18(21)22-10-17(20)19-9-13-4-7-15-16(8-13)24-11-23-15/h2-8H,9-11H2,1H3,(H,19,20). The van der Waals surface area contributed by atoms with Crippen LogP contribution in [0, 0.1) is 6.92 Å². The highest BCUT2D eigenvalue weighted by atomic mass is 16.7. The van der Waals surface area contributed by atoms with Gasteiger partial charge in [0.15, 0.2) is 18.1 Å². The van der Waals surface area contributed by atoms with Gasteiger partial charge in [-0.05, 0) is 36.8 Å². The van der Waals surface area contributed by atoms with Gasteiger partial charge in [-0.1, -0.05) is 23.8 Å². The van der Waals surface area contributed by atoms with Crippen LogP contribution in [0.2, 0.25) is 0 Å². The fourth-order valence-corrected chi connectivity index (χ4v) is 2.21. The Balaban J connectivity index is 1.46. The smallest absolute Gasteiger partial charge is 0.338 e. The van der Waals surface area contributed by atoms with Crippen LogP contribution in [0.4, 0.5) is 0 Å². The largest absolute Gasteiger partial charge is 0.454 e. The Kier molecular flexibility index (Phi) is 4.65. The van der Waals surface area contributed by atoms with Gasteiger partial charge in [-0.25, -0.2) is 4.79 Å². The lowest BCUT2D eigenvalue weighted by Crippen LogP contribution is -2.28. The summed E-state index contributed by atoms with van der Waals surface area (Å²) in [4.78, 5) is 23.6. The van der Waals surface area contributed by atoms with Gasteiger partial charge in [0.1, 0.15) is 0 Å². The van der Waals surface area contributed by atoms with Crippen LogP contribution in [0.1, 0.15) is 21.5 Å². The minimum Gasteiger partial charge on any atom is -0.454 e. The van der Waals surface area contributed by atoms with E-state index in [9.17, 15) is 9.59 Å². The van der Waals surface area contributed by atoms with Gasteiger partial charge in [0.05, 0.1) is 5.56 Å². The van der Waals surface area contributed by atoms with E-state index in [4.69, 9.17) is 14.2 Å². The normalized spacial score (nSPS) is 11.9. The van der Waals surface area contributed by atoms with E-state index in [0.717, 1.165) is 11.1 Å². The van der Waals surface area contributed by atoms with Gasteiger partial charge < -0.3 is 19.5 Å². The van der Waals surface area contributed by atoms with E-state index in [1.165, 1.54) is 0 Å². The van der Waals surface area contributed by atoms with E-state index in [1.54, 1.807) is 24.3 Å². The SMILES string of the molecule is Cc1ccc(C(=O)OCC(=O)NCc2ccc3c(c2)OCO3)cc1. The molecule has 1 N–H and O–H groups in total. The summed E-state index contributed by atoms with van der Waals surface area (Å²) in [5, 5.41) is 2.69. The maximum absolute atomic E-state index is 11.8. The molecule has 1 aliphatic rings. The van der Waals surface area contributed by atoms with Gasteiger partial charge in [-0.3, -0.25) is 4.79 Å². The second-order valence-electron chi connectivity index (χ2n) is 5.41. The Bertz CT molecular complexity index is 755. The summed E-state index contributed by atoms with van der Waals surface area (Å²) in [6.07, 6.45) is 0. The minimum atomic E-state index is -0.520. The molecule has 0 saturated heterocycles. The molecule has 0 radical (unpaired) electrons. The number of hydrogen-bond acceptors (Lipinski definition) is 5. The Morgan fingerprint density at radius 2 is 1.83 bits per heavy atom. The summed E-state index contributed by atoms with van der Waals surface area (Å²) in [6, 6.07) is 12.4. The van der Waals surface area contributed by atoms with E-state index in [2.05, 4.69) is 5.32 Å². The van der Waals surface area contributed by atoms with E-state index >= 15 is 0 Å². The number of amides is 1. The molecule has 6 heteroatoms. The summed E-state index contributed by atoms with van der Waals surface area (Å²) < 4.78 is 15.5.